The zero-order valence-electron chi connectivity index (χ0n) is 11.2. The predicted molar refractivity (Wildman–Crippen MR) is 80.2 cm³/mol. The number of anilines is 2. The molecule has 0 saturated heterocycles. The van der Waals surface area contributed by atoms with Crippen LogP contribution in [0.1, 0.15) is 0 Å². The molecular formula is C14H12N4O4. The Morgan fingerprint density at radius 1 is 1.00 bits per heavy atom. The molecule has 3 aromatic rings. The number of rotatable bonds is 2. The first-order chi connectivity index (χ1) is 10.5. The lowest BCUT2D eigenvalue weighted by atomic mass is 10.2. The standard InChI is InChI=1S/C14H12N4O4/c19-11-4-8(5-12(20)13(11)21)18-14(22)17-7-1-2-9-10(3-7)16-6-15-9/h1-6,19-21H,(H,15,16)(H2,17,18,22). The van der Waals surface area contributed by atoms with Crippen LogP contribution in [0.5, 0.6) is 17.2 Å². The van der Waals surface area contributed by atoms with E-state index in [1.165, 1.54) is 0 Å². The number of aromatic amines is 1. The summed E-state index contributed by atoms with van der Waals surface area (Å²) in [5.41, 5.74) is 2.23. The van der Waals surface area contributed by atoms with E-state index in [1.807, 2.05) is 0 Å². The second-order valence-electron chi connectivity index (χ2n) is 4.58. The molecule has 3 rings (SSSR count). The van der Waals surface area contributed by atoms with Crippen molar-refractivity contribution in [3.8, 4) is 17.2 Å². The Hall–Kier alpha value is -3.42. The highest BCUT2D eigenvalue weighted by molar-refractivity contribution is 6.01. The summed E-state index contributed by atoms with van der Waals surface area (Å²) in [7, 11) is 0. The number of aromatic hydroxyl groups is 3. The quantitative estimate of drug-likeness (QED) is 0.319. The van der Waals surface area contributed by atoms with E-state index >= 15 is 0 Å². The smallest absolute Gasteiger partial charge is 0.323 e. The molecule has 0 saturated carbocycles. The molecule has 0 aliphatic carbocycles. The van der Waals surface area contributed by atoms with Crippen LogP contribution in [-0.4, -0.2) is 31.3 Å². The molecule has 2 amide bonds. The molecule has 2 aromatic carbocycles. The molecule has 0 atom stereocenters. The van der Waals surface area contributed by atoms with E-state index < -0.39 is 23.3 Å². The summed E-state index contributed by atoms with van der Waals surface area (Å²) in [6.45, 7) is 0. The van der Waals surface area contributed by atoms with Crippen molar-refractivity contribution in [2.45, 2.75) is 0 Å². The number of fused-ring (bicyclic) bond motifs is 1. The summed E-state index contributed by atoms with van der Waals surface area (Å²) in [6.07, 6.45) is 1.55. The van der Waals surface area contributed by atoms with Gasteiger partial charge in [-0.1, -0.05) is 0 Å². The Labute approximate surface area is 124 Å². The van der Waals surface area contributed by atoms with Gasteiger partial charge in [0.15, 0.2) is 17.2 Å². The molecule has 22 heavy (non-hydrogen) atoms. The monoisotopic (exact) mass is 300 g/mol. The fraction of sp³-hybridized carbons (Fsp3) is 0. The molecule has 1 aromatic heterocycles. The number of nitrogens with zero attached hydrogens (tertiary/aromatic N) is 1. The van der Waals surface area contributed by atoms with Crippen molar-refractivity contribution in [1.29, 1.82) is 0 Å². The first-order valence-electron chi connectivity index (χ1n) is 6.29. The zero-order valence-corrected chi connectivity index (χ0v) is 11.2. The van der Waals surface area contributed by atoms with Crippen molar-refractivity contribution >= 4 is 28.4 Å². The largest absolute Gasteiger partial charge is 0.504 e. The topological polar surface area (TPSA) is 130 Å². The number of imidazole rings is 1. The highest BCUT2D eigenvalue weighted by Crippen LogP contribution is 2.37. The van der Waals surface area contributed by atoms with Crippen LogP contribution in [-0.2, 0) is 0 Å². The number of benzene rings is 2. The third-order valence-electron chi connectivity index (χ3n) is 3.01. The number of phenolic OH excluding ortho intramolecular Hbond substituents is 3. The number of carbonyl (C=O) groups is 1. The third kappa shape index (κ3) is 2.57. The number of hydrogen-bond acceptors (Lipinski definition) is 5. The van der Waals surface area contributed by atoms with Gasteiger partial charge in [0.05, 0.1) is 23.0 Å². The van der Waals surface area contributed by atoms with E-state index in [0.717, 1.165) is 23.2 Å². The maximum atomic E-state index is 11.9. The molecule has 0 radical (unpaired) electrons. The van der Waals surface area contributed by atoms with Crippen molar-refractivity contribution in [2.75, 3.05) is 10.6 Å². The van der Waals surface area contributed by atoms with Crippen LogP contribution >= 0.6 is 0 Å². The van der Waals surface area contributed by atoms with Crippen molar-refractivity contribution in [3.05, 3.63) is 36.7 Å². The van der Waals surface area contributed by atoms with Gasteiger partial charge in [-0.3, -0.25) is 0 Å². The van der Waals surface area contributed by atoms with Gasteiger partial charge >= 0.3 is 6.03 Å². The van der Waals surface area contributed by atoms with Gasteiger partial charge < -0.3 is 30.9 Å². The van der Waals surface area contributed by atoms with Crippen molar-refractivity contribution in [3.63, 3.8) is 0 Å². The number of nitrogens with one attached hydrogen (secondary N) is 3. The van der Waals surface area contributed by atoms with Gasteiger partial charge in [-0.25, -0.2) is 9.78 Å². The summed E-state index contributed by atoms with van der Waals surface area (Å²) >= 11 is 0. The van der Waals surface area contributed by atoms with Crippen molar-refractivity contribution in [1.82, 2.24) is 9.97 Å². The SMILES string of the molecule is O=C(Nc1cc(O)c(O)c(O)c1)Nc1ccc2nc[nH]c2c1. The van der Waals surface area contributed by atoms with E-state index in [2.05, 4.69) is 20.6 Å². The van der Waals surface area contributed by atoms with Crippen LogP contribution in [0, 0.1) is 0 Å². The minimum atomic E-state index is -0.643. The molecule has 8 heteroatoms. The van der Waals surface area contributed by atoms with Gasteiger partial charge in [0, 0.05) is 17.8 Å². The highest BCUT2D eigenvalue weighted by atomic mass is 16.3. The number of H-pyrrole nitrogens is 1. The van der Waals surface area contributed by atoms with Gasteiger partial charge in [0.1, 0.15) is 0 Å². The zero-order chi connectivity index (χ0) is 15.7. The second kappa shape index (κ2) is 5.17. The fourth-order valence-electron chi connectivity index (χ4n) is 1.98. The summed E-state index contributed by atoms with van der Waals surface area (Å²) in [4.78, 5) is 18.9. The number of phenols is 3. The lowest BCUT2D eigenvalue weighted by Crippen LogP contribution is -2.19. The molecule has 0 unspecified atom stereocenters. The van der Waals surface area contributed by atoms with Crippen LogP contribution in [0.4, 0.5) is 16.2 Å². The van der Waals surface area contributed by atoms with E-state index in [-0.39, 0.29) is 5.69 Å². The van der Waals surface area contributed by atoms with Crippen LogP contribution in [0.2, 0.25) is 0 Å². The van der Waals surface area contributed by atoms with Gasteiger partial charge in [-0.15, -0.1) is 0 Å². The minimum absolute atomic E-state index is 0.132. The summed E-state index contributed by atoms with van der Waals surface area (Å²) in [6, 6.07) is 6.82. The van der Waals surface area contributed by atoms with Crippen LogP contribution in [0.25, 0.3) is 11.0 Å². The first-order valence-corrected chi connectivity index (χ1v) is 6.29. The fourth-order valence-corrected chi connectivity index (χ4v) is 1.98. The van der Waals surface area contributed by atoms with Gasteiger partial charge in [-0.2, -0.15) is 0 Å². The number of hydrogen-bond donors (Lipinski definition) is 6. The number of urea groups is 1. The van der Waals surface area contributed by atoms with Crippen LogP contribution in [0.15, 0.2) is 36.7 Å². The van der Waals surface area contributed by atoms with Crippen LogP contribution in [0.3, 0.4) is 0 Å². The Balaban J connectivity index is 1.74. The Morgan fingerprint density at radius 3 is 2.41 bits per heavy atom. The normalized spacial score (nSPS) is 10.5. The van der Waals surface area contributed by atoms with E-state index in [9.17, 15) is 20.1 Å². The summed E-state index contributed by atoms with van der Waals surface area (Å²) < 4.78 is 0. The van der Waals surface area contributed by atoms with Gasteiger partial charge in [-0.05, 0) is 18.2 Å². The van der Waals surface area contributed by atoms with Gasteiger partial charge in [0.2, 0.25) is 0 Å². The predicted octanol–water partition coefficient (Wildman–Crippen LogP) is 2.32. The van der Waals surface area contributed by atoms with Gasteiger partial charge in [0.25, 0.3) is 0 Å². The summed E-state index contributed by atoms with van der Waals surface area (Å²) in [5, 5.41) is 33.0. The first kappa shape index (κ1) is 13.6. The molecule has 8 nitrogen and oxygen atoms in total. The molecule has 0 aliphatic rings. The molecular weight excluding hydrogens is 288 g/mol. The molecule has 6 N–H and O–H groups in total. The van der Waals surface area contributed by atoms with Crippen molar-refractivity contribution < 1.29 is 20.1 Å². The Bertz CT molecular complexity index is 836. The van der Waals surface area contributed by atoms with Crippen LogP contribution < -0.4 is 10.6 Å². The number of amides is 2. The number of carbonyl (C=O) groups excluding carboxylic acids is 1. The molecule has 1 heterocycles. The average molecular weight is 300 g/mol. The molecule has 0 fully saturated rings. The highest BCUT2D eigenvalue weighted by Gasteiger charge is 2.10. The Morgan fingerprint density at radius 2 is 1.68 bits per heavy atom. The maximum absolute atomic E-state index is 11.9. The van der Waals surface area contributed by atoms with E-state index in [0.29, 0.717) is 5.69 Å². The molecule has 0 aliphatic heterocycles. The molecule has 0 bridgehead atoms. The summed E-state index contributed by atoms with van der Waals surface area (Å²) in [5.74, 6) is -1.71. The van der Waals surface area contributed by atoms with E-state index in [1.54, 1.807) is 24.5 Å². The minimum Gasteiger partial charge on any atom is -0.504 e. The Kier molecular flexibility index (Phi) is 3.18. The van der Waals surface area contributed by atoms with Crippen molar-refractivity contribution in [2.24, 2.45) is 0 Å². The lowest BCUT2D eigenvalue weighted by Gasteiger charge is -2.09. The van der Waals surface area contributed by atoms with E-state index in [4.69, 9.17) is 0 Å². The average Bonchev–Trinajstić information content (AvgIpc) is 2.92. The maximum Gasteiger partial charge on any atom is 0.323 e. The third-order valence-corrected chi connectivity index (χ3v) is 3.01. The number of aromatic nitrogens is 2. The molecule has 112 valence electrons. The molecule has 0 spiro atoms. The second-order valence-corrected chi connectivity index (χ2v) is 4.58. The lowest BCUT2D eigenvalue weighted by molar-refractivity contribution is 0.262.